The SMILES string of the molecule is COc1ccccc1CCC(=O)N1CCN(C(C)=O)C[C@@H]1C(=O)N(C)C. The first-order valence-electron chi connectivity index (χ1n) is 8.73. The quantitative estimate of drug-likeness (QED) is 0.777. The number of hydrogen-bond acceptors (Lipinski definition) is 4. The summed E-state index contributed by atoms with van der Waals surface area (Å²) >= 11 is 0. The third-order valence-corrected chi connectivity index (χ3v) is 4.67. The minimum atomic E-state index is -0.632. The molecule has 0 radical (unpaired) electrons. The van der Waals surface area contributed by atoms with Gasteiger partial charge in [-0.25, -0.2) is 0 Å². The van der Waals surface area contributed by atoms with E-state index in [2.05, 4.69) is 0 Å². The molecule has 0 bridgehead atoms. The van der Waals surface area contributed by atoms with Gasteiger partial charge in [-0.05, 0) is 18.1 Å². The molecule has 0 unspecified atom stereocenters. The molecule has 1 aliphatic heterocycles. The summed E-state index contributed by atoms with van der Waals surface area (Å²) in [5.41, 5.74) is 0.959. The maximum atomic E-state index is 12.8. The van der Waals surface area contributed by atoms with Crippen molar-refractivity contribution in [2.45, 2.75) is 25.8 Å². The predicted molar refractivity (Wildman–Crippen MR) is 97.8 cm³/mol. The predicted octanol–water partition coefficient (Wildman–Crippen LogP) is 0.775. The van der Waals surface area contributed by atoms with Gasteiger partial charge in [-0.1, -0.05) is 18.2 Å². The highest BCUT2D eigenvalue weighted by atomic mass is 16.5. The lowest BCUT2D eigenvalue weighted by Gasteiger charge is -2.41. The summed E-state index contributed by atoms with van der Waals surface area (Å²) in [6, 6.07) is 6.96. The van der Waals surface area contributed by atoms with Gasteiger partial charge >= 0.3 is 0 Å². The van der Waals surface area contributed by atoms with Crippen molar-refractivity contribution in [2.24, 2.45) is 0 Å². The number of aryl methyl sites for hydroxylation is 1. The van der Waals surface area contributed by atoms with Crippen LogP contribution in [0.1, 0.15) is 18.9 Å². The van der Waals surface area contributed by atoms with Gasteiger partial charge in [0.05, 0.1) is 13.7 Å². The normalized spacial score (nSPS) is 17.0. The van der Waals surface area contributed by atoms with Crippen LogP contribution in [-0.4, -0.2) is 79.3 Å². The van der Waals surface area contributed by atoms with E-state index in [-0.39, 0.29) is 30.7 Å². The summed E-state index contributed by atoms with van der Waals surface area (Å²) in [4.78, 5) is 41.7. The molecule has 0 N–H and O–H groups in total. The number of amides is 3. The molecule has 1 fully saturated rings. The summed E-state index contributed by atoms with van der Waals surface area (Å²) < 4.78 is 5.32. The molecule has 1 heterocycles. The van der Waals surface area contributed by atoms with Gasteiger partial charge in [0.2, 0.25) is 17.7 Å². The zero-order valence-corrected chi connectivity index (χ0v) is 15.9. The summed E-state index contributed by atoms with van der Waals surface area (Å²) in [6.07, 6.45) is 0.830. The summed E-state index contributed by atoms with van der Waals surface area (Å²) in [7, 11) is 4.92. The van der Waals surface area contributed by atoms with E-state index in [1.54, 1.807) is 31.0 Å². The highest BCUT2D eigenvalue weighted by Crippen LogP contribution is 2.20. The highest BCUT2D eigenvalue weighted by molar-refractivity contribution is 5.89. The van der Waals surface area contributed by atoms with Gasteiger partial charge in [0.25, 0.3) is 0 Å². The van der Waals surface area contributed by atoms with Crippen LogP contribution >= 0.6 is 0 Å². The first-order valence-corrected chi connectivity index (χ1v) is 8.73. The Morgan fingerprint density at radius 1 is 1.19 bits per heavy atom. The van der Waals surface area contributed by atoms with Crippen LogP contribution in [0.25, 0.3) is 0 Å². The van der Waals surface area contributed by atoms with Crippen LogP contribution in [-0.2, 0) is 20.8 Å². The van der Waals surface area contributed by atoms with Gasteiger partial charge in [0.15, 0.2) is 0 Å². The molecule has 1 saturated heterocycles. The third-order valence-electron chi connectivity index (χ3n) is 4.67. The van der Waals surface area contributed by atoms with Crippen LogP contribution in [0.5, 0.6) is 5.75 Å². The second-order valence-corrected chi connectivity index (χ2v) is 6.61. The van der Waals surface area contributed by atoms with Crippen molar-refractivity contribution in [3.05, 3.63) is 29.8 Å². The number of piperazine rings is 1. The van der Waals surface area contributed by atoms with E-state index in [4.69, 9.17) is 4.74 Å². The fourth-order valence-corrected chi connectivity index (χ4v) is 3.17. The number of para-hydroxylation sites is 1. The fraction of sp³-hybridized carbons (Fsp3) is 0.526. The Bertz CT molecular complexity index is 675. The lowest BCUT2D eigenvalue weighted by molar-refractivity contribution is -0.151. The Labute approximate surface area is 154 Å². The maximum Gasteiger partial charge on any atom is 0.246 e. The number of ether oxygens (including phenoxy) is 1. The number of likely N-dealkylation sites (N-methyl/N-ethyl adjacent to an activating group) is 1. The molecule has 7 heteroatoms. The Morgan fingerprint density at radius 3 is 2.50 bits per heavy atom. The Hall–Kier alpha value is -2.57. The summed E-state index contributed by atoms with van der Waals surface area (Å²) in [5.74, 6) is 0.422. The molecular weight excluding hydrogens is 334 g/mol. The maximum absolute atomic E-state index is 12.8. The Balaban J connectivity index is 2.09. The molecule has 0 spiro atoms. The molecule has 0 aliphatic carbocycles. The van der Waals surface area contributed by atoms with Crippen molar-refractivity contribution >= 4 is 17.7 Å². The van der Waals surface area contributed by atoms with Gasteiger partial charge < -0.3 is 19.4 Å². The first kappa shape index (κ1) is 19.8. The lowest BCUT2D eigenvalue weighted by atomic mass is 10.1. The summed E-state index contributed by atoms with van der Waals surface area (Å²) in [6.45, 7) is 2.55. The van der Waals surface area contributed by atoms with E-state index < -0.39 is 6.04 Å². The minimum Gasteiger partial charge on any atom is -0.496 e. The number of methoxy groups -OCH3 is 1. The first-order chi connectivity index (χ1) is 12.3. The standard InChI is InChI=1S/C19H27N3O4/c1-14(23)21-11-12-22(16(13-21)19(25)20(2)3)18(24)10-9-15-7-5-6-8-17(15)26-4/h5-8,16H,9-13H2,1-4H3/t16-/m1/s1. The zero-order valence-electron chi connectivity index (χ0n) is 15.9. The molecule has 1 atom stereocenters. The van der Waals surface area contributed by atoms with E-state index >= 15 is 0 Å². The largest absolute Gasteiger partial charge is 0.496 e. The molecule has 1 aliphatic rings. The number of rotatable bonds is 5. The minimum absolute atomic E-state index is 0.0809. The van der Waals surface area contributed by atoms with Gasteiger partial charge in [0.1, 0.15) is 11.8 Å². The molecule has 1 aromatic carbocycles. The van der Waals surface area contributed by atoms with Gasteiger partial charge in [-0.2, -0.15) is 0 Å². The number of hydrogen-bond donors (Lipinski definition) is 0. The molecule has 7 nitrogen and oxygen atoms in total. The van der Waals surface area contributed by atoms with E-state index in [0.29, 0.717) is 19.5 Å². The Kier molecular flexibility index (Phi) is 6.60. The van der Waals surface area contributed by atoms with Crippen LogP contribution in [0.3, 0.4) is 0 Å². The number of nitrogens with zero attached hydrogens (tertiary/aromatic N) is 3. The Morgan fingerprint density at radius 2 is 1.88 bits per heavy atom. The second-order valence-electron chi connectivity index (χ2n) is 6.61. The van der Waals surface area contributed by atoms with Crippen LogP contribution in [0, 0.1) is 0 Å². The van der Waals surface area contributed by atoms with Gasteiger partial charge in [-0.3, -0.25) is 14.4 Å². The molecule has 3 amide bonds. The van der Waals surface area contributed by atoms with Crippen molar-refractivity contribution < 1.29 is 19.1 Å². The van der Waals surface area contributed by atoms with E-state index in [0.717, 1.165) is 11.3 Å². The van der Waals surface area contributed by atoms with Crippen molar-refractivity contribution in [1.82, 2.24) is 14.7 Å². The van der Waals surface area contributed by atoms with Crippen LogP contribution in [0.4, 0.5) is 0 Å². The molecule has 26 heavy (non-hydrogen) atoms. The van der Waals surface area contributed by atoms with Crippen LogP contribution in [0.2, 0.25) is 0 Å². The average Bonchev–Trinajstić information content (AvgIpc) is 2.64. The topological polar surface area (TPSA) is 70.2 Å². The van der Waals surface area contributed by atoms with Gasteiger partial charge in [-0.15, -0.1) is 0 Å². The van der Waals surface area contributed by atoms with Crippen molar-refractivity contribution in [3.63, 3.8) is 0 Å². The van der Waals surface area contributed by atoms with Crippen molar-refractivity contribution in [2.75, 3.05) is 40.8 Å². The number of benzene rings is 1. The summed E-state index contributed by atoms with van der Waals surface area (Å²) in [5, 5.41) is 0. The smallest absolute Gasteiger partial charge is 0.246 e. The molecule has 142 valence electrons. The van der Waals surface area contributed by atoms with E-state index in [1.165, 1.54) is 11.8 Å². The molecule has 0 aromatic heterocycles. The van der Waals surface area contributed by atoms with Crippen LogP contribution < -0.4 is 4.74 Å². The molecular formula is C19H27N3O4. The third kappa shape index (κ3) is 4.53. The second kappa shape index (κ2) is 8.69. The number of carbonyl (C=O) groups is 3. The van der Waals surface area contributed by atoms with E-state index in [1.807, 2.05) is 24.3 Å². The molecule has 0 saturated carbocycles. The molecule has 1 aromatic rings. The molecule has 2 rings (SSSR count). The zero-order chi connectivity index (χ0) is 19.3. The van der Waals surface area contributed by atoms with Gasteiger partial charge in [0, 0.05) is 40.5 Å². The van der Waals surface area contributed by atoms with Crippen LogP contribution in [0.15, 0.2) is 24.3 Å². The number of carbonyl (C=O) groups excluding carboxylic acids is 3. The monoisotopic (exact) mass is 361 g/mol. The highest BCUT2D eigenvalue weighted by Gasteiger charge is 2.36. The van der Waals surface area contributed by atoms with Crippen molar-refractivity contribution in [1.29, 1.82) is 0 Å². The lowest BCUT2D eigenvalue weighted by Crippen LogP contribution is -2.61. The fourth-order valence-electron chi connectivity index (χ4n) is 3.17. The van der Waals surface area contributed by atoms with Crippen molar-refractivity contribution in [3.8, 4) is 5.75 Å². The average molecular weight is 361 g/mol. The van der Waals surface area contributed by atoms with E-state index in [9.17, 15) is 14.4 Å².